The Morgan fingerprint density at radius 1 is 1.20 bits per heavy atom. The molecule has 0 atom stereocenters. The van der Waals surface area contributed by atoms with E-state index in [-0.39, 0.29) is 0 Å². The predicted octanol–water partition coefficient (Wildman–Crippen LogP) is 2.02. The average Bonchev–Trinajstić information content (AvgIpc) is 2.75. The molecule has 2 aliphatic rings. The molecule has 104 valence electrons. The normalized spacial score (nSPS) is 24.9. The van der Waals surface area contributed by atoms with Crippen LogP contribution in [-0.4, -0.2) is 43.2 Å². The standard InChI is InChI=1S/C15H18N4O/c1-18-9-19(10-7-11(8-10)20-2)14-12-5-3-4-6-13(12)16-17-15(14)18/h3-6,10-11H,7-9H2,1-2H3. The zero-order chi connectivity index (χ0) is 13.7. The van der Waals surface area contributed by atoms with E-state index in [1.165, 1.54) is 11.1 Å². The van der Waals surface area contributed by atoms with Crippen LogP contribution in [0.3, 0.4) is 0 Å². The molecule has 1 fully saturated rings. The molecule has 0 unspecified atom stereocenters. The third kappa shape index (κ3) is 1.59. The second kappa shape index (κ2) is 4.31. The number of aromatic nitrogens is 2. The van der Waals surface area contributed by atoms with Gasteiger partial charge in [-0.25, -0.2) is 0 Å². The van der Waals surface area contributed by atoms with Gasteiger partial charge in [0.25, 0.3) is 0 Å². The second-order valence-corrected chi connectivity index (χ2v) is 5.68. The van der Waals surface area contributed by atoms with Crippen LogP contribution in [0.2, 0.25) is 0 Å². The second-order valence-electron chi connectivity index (χ2n) is 5.68. The van der Waals surface area contributed by atoms with Crippen LogP contribution in [0.25, 0.3) is 10.9 Å². The molecule has 0 saturated heterocycles. The first-order valence-electron chi connectivity index (χ1n) is 7.04. The minimum atomic E-state index is 0.412. The first-order chi connectivity index (χ1) is 9.78. The largest absolute Gasteiger partial charge is 0.381 e. The highest BCUT2D eigenvalue weighted by Gasteiger charge is 2.39. The van der Waals surface area contributed by atoms with Crippen molar-refractivity contribution in [2.24, 2.45) is 0 Å². The summed E-state index contributed by atoms with van der Waals surface area (Å²) in [5.74, 6) is 0.990. The van der Waals surface area contributed by atoms with E-state index >= 15 is 0 Å². The summed E-state index contributed by atoms with van der Waals surface area (Å²) >= 11 is 0. The Morgan fingerprint density at radius 2 is 2.00 bits per heavy atom. The minimum Gasteiger partial charge on any atom is -0.381 e. The molecule has 2 aromatic rings. The molecule has 0 spiro atoms. The fraction of sp³-hybridized carbons (Fsp3) is 0.467. The number of nitrogens with zero attached hydrogens (tertiary/aromatic N) is 4. The molecule has 5 nitrogen and oxygen atoms in total. The Kier molecular flexibility index (Phi) is 2.57. The summed E-state index contributed by atoms with van der Waals surface area (Å²) in [6.07, 6.45) is 2.61. The molecule has 4 rings (SSSR count). The van der Waals surface area contributed by atoms with Gasteiger partial charge in [-0.1, -0.05) is 18.2 Å². The van der Waals surface area contributed by atoms with Crippen LogP contribution in [0, 0.1) is 0 Å². The molecule has 0 N–H and O–H groups in total. The lowest BCUT2D eigenvalue weighted by atomic mass is 9.87. The summed E-state index contributed by atoms with van der Waals surface area (Å²) in [7, 11) is 3.88. The van der Waals surface area contributed by atoms with Crippen LogP contribution in [0.4, 0.5) is 11.5 Å². The molecule has 20 heavy (non-hydrogen) atoms. The lowest BCUT2D eigenvalue weighted by Gasteiger charge is -2.41. The maximum Gasteiger partial charge on any atom is 0.176 e. The van der Waals surface area contributed by atoms with Crippen LogP contribution in [0.1, 0.15) is 12.8 Å². The first kappa shape index (κ1) is 11.9. The Labute approximate surface area is 118 Å². The van der Waals surface area contributed by atoms with Gasteiger partial charge in [0.2, 0.25) is 0 Å². The number of ether oxygens (including phenoxy) is 1. The fourth-order valence-corrected chi connectivity index (χ4v) is 3.22. The molecule has 0 radical (unpaired) electrons. The highest BCUT2D eigenvalue weighted by Crippen LogP contribution is 2.43. The van der Waals surface area contributed by atoms with Crippen molar-refractivity contribution < 1.29 is 4.74 Å². The van der Waals surface area contributed by atoms with Gasteiger partial charge in [-0.05, 0) is 18.9 Å². The highest BCUT2D eigenvalue weighted by atomic mass is 16.5. The number of anilines is 2. The van der Waals surface area contributed by atoms with Crippen LogP contribution in [0.5, 0.6) is 0 Å². The molecule has 2 heterocycles. The van der Waals surface area contributed by atoms with Crippen molar-refractivity contribution in [2.45, 2.75) is 25.0 Å². The fourth-order valence-electron chi connectivity index (χ4n) is 3.22. The Morgan fingerprint density at radius 3 is 2.80 bits per heavy atom. The van der Waals surface area contributed by atoms with Crippen LogP contribution in [-0.2, 0) is 4.74 Å². The van der Waals surface area contributed by atoms with Gasteiger partial charge in [-0.15, -0.1) is 10.2 Å². The van der Waals surface area contributed by atoms with Crippen molar-refractivity contribution in [3.63, 3.8) is 0 Å². The molecule has 0 bridgehead atoms. The number of methoxy groups -OCH3 is 1. The Bertz CT molecular complexity index is 653. The van der Waals surface area contributed by atoms with Gasteiger partial charge in [-0.3, -0.25) is 0 Å². The molecule has 1 saturated carbocycles. The van der Waals surface area contributed by atoms with E-state index in [1.807, 2.05) is 12.1 Å². The number of hydrogen-bond donors (Lipinski definition) is 0. The summed E-state index contributed by atoms with van der Waals surface area (Å²) in [4.78, 5) is 4.64. The summed E-state index contributed by atoms with van der Waals surface area (Å²) < 4.78 is 5.41. The summed E-state index contributed by atoms with van der Waals surface area (Å²) in [5.41, 5.74) is 2.20. The maximum atomic E-state index is 5.41. The van der Waals surface area contributed by atoms with Crippen molar-refractivity contribution in [3.8, 4) is 0 Å². The third-order valence-corrected chi connectivity index (χ3v) is 4.48. The minimum absolute atomic E-state index is 0.412. The molecule has 5 heteroatoms. The van der Waals surface area contributed by atoms with E-state index in [0.717, 1.165) is 30.8 Å². The van der Waals surface area contributed by atoms with Crippen molar-refractivity contribution in [3.05, 3.63) is 24.3 Å². The molecule has 1 aromatic heterocycles. The van der Waals surface area contributed by atoms with Gasteiger partial charge >= 0.3 is 0 Å². The van der Waals surface area contributed by atoms with E-state index < -0.39 is 0 Å². The zero-order valence-electron chi connectivity index (χ0n) is 11.8. The van der Waals surface area contributed by atoms with Gasteiger partial charge < -0.3 is 14.5 Å². The van der Waals surface area contributed by atoms with Crippen molar-refractivity contribution >= 4 is 22.4 Å². The monoisotopic (exact) mass is 270 g/mol. The lowest BCUT2D eigenvalue weighted by Crippen LogP contribution is -2.48. The van der Waals surface area contributed by atoms with Crippen LogP contribution < -0.4 is 9.80 Å². The zero-order valence-corrected chi connectivity index (χ0v) is 11.8. The Balaban J connectivity index is 1.78. The predicted molar refractivity (Wildman–Crippen MR) is 79.1 cm³/mol. The first-order valence-corrected chi connectivity index (χ1v) is 7.04. The van der Waals surface area contributed by atoms with Crippen LogP contribution in [0.15, 0.2) is 24.3 Å². The Hall–Kier alpha value is -1.88. The summed E-state index contributed by atoms with van der Waals surface area (Å²) in [6, 6.07) is 8.80. The van der Waals surface area contributed by atoms with E-state index in [0.29, 0.717) is 12.1 Å². The van der Waals surface area contributed by atoms with E-state index in [4.69, 9.17) is 4.74 Å². The maximum absolute atomic E-state index is 5.41. The van der Waals surface area contributed by atoms with Gasteiger partial charge in [0.05, 0.1) is 24.0 Å². The number of hydrogen-bond acceptors (Lipinski definition) is 5. The average molecular weight is 270 g/mol. The van der Waals surface area contributed by atoms with E-state index in [1.54, 1.807) is 7.11 Å². The topological polar surface area (TPSA) is 41.5 Å². The molecule has 1 aliphatic heterocycles. The molecule has 0 amide bonds. The molecule has 1 aromatic carbocycles. The SMILES string of the molecule is COC1CC(N2CN(C)c3nnc4ccccc4c32)C1. The van der Waals surface area contributed by atoms with E-state index in [2.05, 4.69) is 39.2 Å². The van der Waals surface area contributed by atoms with Crippen molar-refractivity contribution in [2.75, 3.05) is 30.6 Å². The third-order valence-electron chi connectivity index (χ3n) is 4.48. The highest BCUT2D eigenvalue weighted by molar-refractivity contribution is 5.98. The van der Waals surface area contributed by atoms with Crippen molar-refractivity contribution in [1.82, 2.24) is 10.2 Å². The van der Waals surface area contributed by atoms with Crippen LogP contribution >= 0.6 is 0 Å². The summed E-state index contributed by atoms with van der Waals surface area (Å²) in [5, 5.41) is 9.93. The van der Waals surface area contributed by atoms with E-state index in [9.17, 15) is 0 Å². The van der Waals surface area contributed by atoms with Gasteiger partial charge in [0.15, 0.2) is 5.82 Å². The van der Waals surface area contributed by atoms with Gasteiger partial charge in [-0.2, -0.15) is 0 Å². The number of fused-ring (bicyclic) bond motifs is 3. The van der Waals surface area contributed by atoms with Crippen molar-refractivity contribution in [1.29, 1.82) is 0 Å². The van der Waals surface area contributed by atoms with Gasteiger partial charge in [0.1, 0.15) is 0 Å². The molecular formula is C15H18N4O. The molecular weight excluding hydrogens is 252 g/mol. The lowest BCUT2D eigenvalue weighted by molar-refractivity contribution is 0.0259. The van der Waals surface area contributed by atoms with Gasteiger partial charge in [0, 0.05) is 25.6 Å². The smallest absolute Gasteiger partial charge is 0.176 e. The number of rotatable bonds is 2. The number of benzene rings is 1. The summed E-state index contributed by atoms with van der Waals surface area (Å²) in [6.45, 7) is 0.888. The quantitative estimate of drug-likeness (QED) is 0.835. The molecule has 1 aliphatic carbocycles.